The molecular formula is C6H9F3O2. The minimum atomic E-state index is -4.31. The highest BCUT2D eigenvalue weighted by atomic mass is 19.4. The van der Waals surface area contributed by atoms with Gasteiger partial charge in [0.05, 0.1) is 0 Å². The molecule has 0 saturated carbocycles. The van der Waals surface area contributed by atoms with Crippen molar-refractivity contribution in [2.75, 3.05) is 0 Å². The highest BCUT2D eigenvalue weighted by Crippen LogP contribution is 2.24. The van der Waals surface area contributed by atoms with Crippen LogP contribution >= 0.6 is 0 Å². The summed E-state index contributed by atoms with van der Waals surface area (Å²) >= 11 is 0. The predicted octanol–water partition coefficient (Wildman–Crippen LogP) is 1.28. The van der Waals surface area contributed by atoms with Crippen LogP contribution in [0.5, 0.6) is 0 Å². The molecule has 11 heavy (non-hydrogen) atoms. The van der Waals surface area contributed by atoms with Gasteiger partial charge in [-0.05, 0) is 13.3 Å². The summed E-state index contributed by atoms with van der Waals surface area (Å²) < 4.78 is 34.5. The van der Waals surface area contributed by atoms with Gasteiger partial charge in [0.25, 0.3) is 0 Å². The monoisotopic (exact) mass is 170 g/mol. The van der Waals surface area contributed by atoms with Crippen molar-refractivity contribution in [3.63, 3.8) is 0 Å². The van der Waals surface area contributed by atoms with Crippen molar-refractivity contribution in [1.29, 1.82) is 0 Å². The van der Waals surface area contributed by atoms with Gasteiger partial charge >= 0.3 is 6.18 Å². The van der Waals surface area contributed by atoms with Crippen LogP contribution < -0.4 is 0 Å². The minimum absolute atomic E-state index is 0.110. The second kappa shape index (κ2) is 3.21. The number of rotatable bonds is 3. The van der Waals surface area contributed by atoms with E-state index in [1.807, 2.05) is 0 Å². The average molecular weight is 170 g/mol. The maximum atomic E-state index is 11.5. The van der Waals surface area contributed by atoms with Gasteiger partial charge in [-0.1, -0.05) is 0 Å². The van der Waals surface area contributed by atoms with E-state index in [1.54, 1.807) is 0 Å². The maximum absolute atomic E-state index is 11.5. The van der Waals surface area contributed by atoms with E-state index in [2.05, 4.69) is 0 Å². The number of carbonyl (C=O) groups is 1. The van der Waals surface area contributed by atoms with Crippen molar-refractivity contribution in [3.05, 3.63) is 0 Å². The Balaban J connectivity index is 3.79. The lowest BCUT2D eigenvalue weighted by Crippen LogP contribution is -2.28. The first-order valence-corrected chi connectivity index (χ1v) is 3.02. The fraction of sp³-hybridized carbons (Fsp3) is 0.833. The van der Waals surface area contributed by atoms with Crippen LogP contribution in [0, 0.1) is 0 Å². The summed E-state index contributed by atoms with van der Waals surface area (Å²) in [4.78, 5) is 9.93. The molecule has 0 aromatic heterocycles. The molecule has 0 rings (SSSR count). The number of aldehydes is 1. The summed E-state index contributed by atoms with van der Waals surface area (Å²) in [6, 6.07) is 0. The molecule has 0 heterocycles. The highest BCUT2D eigenvalue weighted by molar-refractivity contribution is 5.60. The molecule has 0 aromatic carbocycles. The first kappa shape index (κ1) is 10.4. The van der Waals surface area contributed by atoms with Gasteiger partial charge in [-0.3, -0.25) is 0 Å². The van der Waals surface area contributed by atoms with Crippen LogP contribution in [0.25, 0.3) is 0 Å². The van der Waals surface area contributed by atoms with Crippen LogP contribution in [0.4, 0.5) is 13.2 Å². The second-order valence-electron chi connectivity index (χ2n) is 2.59. The number of carbonyl (C=O) groups excluding carboxylic acids is 1. The van der Waals surface area contributed by atoms with Crippen LogP contribution in [-0.2, 0) is 4.79 Å². The molecule has 0 bridgehead atoms. The van der Waals surface area contributed by atoms with E-state index < -0.39 is 24.6 Å². The topological polar surface area (TPSA) is 37.3 Å². The smallest absolute Gasteiger partial charge is 0.383 e. The molecule has 0 aliphatic carbocycles. The van der Waals surface area contributed by atoms with Crippen molar-refractivity contribution in [2.24, 2.45) is 0 Å². The Kier molecular flexibility index (Phi) is 3.04. The van der Waals surface area contributed by atoms with Crippen LogP contribution in [0.1, 0.15) is 19.8 Å². The van der Waals surface area contributed by atoms with Crippen molar-refractivity contribution in [2.45, 2.75) is 31.5 Å². The largest absolute Gasteiger partial charge is 0.389 e. The standard InChI is InChI=1S/C6H9F3O2/c1-5(11,4-10)2-3-6(7,8)9/h4,11H,2-3H2,1H3. The van der Waals surface area contributed by atoms with Crippen LogP contribution in [0.2, 0.25) is 0 Å². The molecule has 2 nitrogen and oxygen atoms in total. The predicted molar refractivity (Wildman–Crippen MR) is 32.0 cm³/mol. The Morgan fingerprint density at radius 2 is 1.82 bits per heavy atom. The van der Waals surface area contributed by atoms with Gasteiger partial charge in [0.2, 0.25) is 0 Å². The van der Waals surface area contributed by atoms with E-state index >= 15 is 0 Å². The van der Waals surface area contributed by atoms with Crippen LogP contribution in [-0.4, -0.2) is 23.2 Å². The summed E-state index contributed by atoms with van der Waals surface area (Å²) in [6.07, 6.45) is -5.93. The summed E-state index contributed by atoms with van der Waals surface area (Å²) in [5.74, 6) is 0. The van der Waals surface area contributed by atoms with Crippen LogP contribution in [0.3, 0.4) is 0 Å². The van der Waals surface area contributed by atoms with E-state index in [1.165, 1.54) is 0 Å². The number of halogens is 3. The fourth-order valence-corrected chi connectivity index (χ4v) is 0.454. The van der Waals surface area contributed by atoms with Gasteiger partial charge in [0.15, 0.2) is 6.29 Å². The third-order valence-electron chi connectivity index (χ3n) is 1.17. The lowest BCUT2D eigenvalue weighted by Gasteiger charge is -2.15. The number of hydrogen-bond donors (Lipinski definition) is 1. The summed E-state index contributed by atoms with van der Waals surface area (Å²) in [7, 11) is 0. The number of aliphatic hydroxyl groups is 1. The SMILES string of the molecule is CC(O)(C=O)CCC(F)(F)F. The van der Waals surface area contributed by atoms with E-state index in [9.17, 15) is 18.0 Å². The zero-order valence-corrected chi connectivity index (χ0v) is 5.98. The van der Waals surface area contributed by atoms with Gasteiger partial charge in [0.1, 0.15) is 5.60 Å². The molecule has 1 atom stereocenters. The van der Waals surface area contributed by atoms with Crippen molar-refractivity contribution in [1.82, 2.24) is 0 Å². The Hall–Kier alpha value is -0.580. The first-order chi connectivity index (χ1) is 4.77. The van der Waals surface area contributed by atoms with Gasteiger partial charge < -0.3 is 9.90 Å². The third-order valence-corrected chi connectivity index (χ3v) is 1.17. The van der Waals surface area contributed by atoms with Crippen molar-refractivity contribution < 1.29 is 23.1 Å². The van der Waals surface area contributed by atoms with Crippen LogP contribution in [0.15, 0.2) is 0 Å². The summed E-state index contributed by atoms with van der Waals surface area (Å²) in [5, 5.41) is 8.82. The van der Waals surface area contributed by atoms with Gasteiger partial charge in [-0.15, -0.1) is 0 Å². The second-order valence-corrected chi connectivity index (χ2v) is 2.59. The Labute approximate surface area is 62.0 Å². The molecule has 0 aliphatic heterocycles. The lowest BCUT2D eigenvalue weighted by molar-refractivity contribution is -0.148. The third kappa shape index (κ3) is 5.84. The summed E-state index contributed by atoms with van der Waals surface area (Å²) in [6.45, 7) is 1.05. The zero-order chi connectivity index (χ0) is 9.12. The van der Waals surface area contributed by atoms with Gasteiger partial charge in [-0.25, -0.2) is 0 Å². The molecule has 0 fully saturated rings. The molecule has 0 radical (unpaired) electrons. The van der Waals surface area contributed by atoms with E-state index in [0.29, 0.717) is 0 Å². The molecule has 0 amide bonds. The fourth-order valence-electron chi connectivity index (χ4n) is 0.454. The van der Waals surface area contributed by atoms with Gasteiger partial charge in [0, 0.05) is 6.42 Å². The molecule has 1 unspecified atom stereocenters. The first-order valence-electron chi connectivity index (χ1n) is 3.02. The minimum Gasteiger partial charge on any atom is -0.383 e. The Morgan fingerprint density at radius 3 is 2.09 bits per heavy atom. The Bertz CT molecular complexity index is 139. The van der Waals surface area contributed by atoms with Crippen molar-refractivity contribution in [3.8, 4) is 0 Å². The van der Waals surface area contributed by atoms with E-state index in [0.717, 1.165) is 6.92 Å². The number of hydrogen-bond acceptors (Lipinski definition) is 2. The average Bonchev–Trinajstić information content (AvgIpc) is 1.83. The molecule has 5 heteroatoms. The number of alkyl halides is 3. The van der Waals surface area contributed by atoms with E-state index in [4.69, 9.17) is 5.11 Å². The quantitative estimate of drug-likeness (QED) is 0.648. The maximum Gasteiger partial charge on any atom is 0.389 e. The summed E-state index contributed by atoms with van der Waals surface area (Å²) in [5.41, 5.74) is -1.85. The van der Waals surface area contributed by atoms with Gasteiger partial charge in [-0.2, -0.15) is 13.2 Å². The molecular weight excluding hydrogens is 161 g/mol. The molecule has 0 aliphatic rings. The Morgan fingerprint density at radius 1 is 1.36 bits per heavy atom. The molecule has 66 valence electrons. The molecule has 0 spiro atoms. The normalized spacial score (nSPS) is 17.5. The highest BCUT2D eigenvalue weighted by Gasteiger charge is 2.31. The molecule has 0 aromatic rings. The lowest BCUT2D eigenvalue weighted by atomic mass is 10.0. The molecule has 0 saturated heterocycles. The molecule has 1 N–H and O–H groups in total. The zero-order valence-electron chi connectivity index (χ0n) is 5.98. The van der Waals surface area contributed by atoms with E-state index in [-0.39, 0.29) is 6.29 Å². The van der Waals surface area contributed by atoms with Crippen molar-refractivity contribution >= 4 is 6.29 Å².